The molecule has 0 spiro atoms. The summed E-state index contributed by atoms with van der Waals surface area (Å²) in [5.41, 5.74) is 2.28. The van der Waals surface area contributed by atoms with Crippen LogP contribution in [0.15, 0.2) is 59.8 Å². The molecular formula is C20H30O2. The smallest absolute Gasteiger partial charge is 0.159 e. The summed E-state index contributed by atoms with van der Waals surface area (Å²) in [6.45, 7) is 13.2. The van der Waals surface area contributed by atoms with Crippen molar-refractivity contribution in [3.05, 3.63) is 59.8 Å². The molecule has 0 aromatic heterocycles. The Bertz CT molecular complexity index is 496. The zero-order chi connectivity index (χ0) is 17.2. The third kappa shape index (κ3) is 11.0. The summed E-state index contributed by atoms with van der Waals surface area (Å²) >= 11 is 0. The predicted octanol–water partition coefficient (Wildman–Crippen LogP) is 5.08. The number of carbonyl (C=O) groups is 1. The normalized spacial score (nSPS) is 15.5. The van der Waals surface area contributed by atoms with Gasteiger partial charge in [-0.05, 0) is 53.5 Å². The third-order valence-electron chi connectivity index (χ3n) is 3.18. The molecule has 0 radical (unpaired) electrons. The highest BCUT2D eigenvalue weighted by molar-refractivity contribution is 5.91. The van der Waals surface area contributed by atoms with Crippen molar-refractivity contribution in [2.24, 2.45) is 0 Å². The monoisotopic (exact) mass is 302 g/mol. The van der Waals surface area contributed by atoms with Gasteiger partial charge in [0.25, 0.3) is 0 Å². The van der Waals surface area contributed by atoms with E-state index in [-0.39, 0.29) is 5.78 Å². The lowest BCUT2D eigenvalue weighted by molar-refractivity contribution is -0.114. The lowest BCUT2D eigenvalue weighted by atomic mass is 9.98. The number of rotatable bonds is 9. The topological polar surface area (TPSA) is 37.3 Å². The van der Waals surface area contributed by atoms with Crippen molar-refractivity contribution >= 4 is 5.78 Å². The fourth-order valence-corrected chi connectivity index (χ4v) is 1.89. The molecule has 0 saturated carbocycles. The summed E-state index contributed by atoms with van der Waals surface area (Å²) in [6, 6.07) is 0. The van der Waals surface area contributed by atoms with Gasteiger partial charge in [0.15, 0.2) is 5.78 Å². The van der Waals surface area contributed by atoms with E-state index in [2.05, 4.69) is 6.58 Å². The van der Waals surface area contributed by atoms with Gasteiger partial charge < -0.3 is 5.11 Å². The molecule has 0 rings (SSSR count). The molecule has 2 heteroatoms. The highest BCUT2D eigenvalue weighted by atomic mass is 16.3. The third-order valence-corrected chi connectivity index (χ3v) is 3.18. The molecule has 122 valence electrons. The van der Waals surface area contributed by atoms with E-state index in [1.807, 2.05) is 45.9 Å². The van der Waals surface area contributed by atoms with Crippen LogP contribution in [0, 0.1) is 0 Å². The van der Waals surface area contributed by atoms with Gasteiger partial charge in [0.05, 0.1) is 5.60 Å². The fraction of sp³-hybridized carbons (Fsp3) is 0.450. The number of aliphatic hydroxyl groups is 1. The van der Waals surface area contributed by atoms with E-state index in [0.29, 0.717) is 12.8 Å². The van der Waals surface area contributed by atoms with Crippen molar-refractivity contribution in [3.8, 4) is 0 Å². The van der Waals surface area contributed by atoms with Crippen LogP contribution in [0.3, 0.4) is 0 Å². The van der Waals surface area contributed by atoms with Crippen LogP contribution in [0.2, 0.25) is 0 Å². The molecule has 0 aliphatic carbocycles. The van der Waals surface area contributed by atoms with Gasteiger partial charge in [0, 0.05) is 6.42 Å². The Balaban J connectivity index is 4.42. The van der Waals surface area contributed by atoms with Gasteiger partial charge in [-0.1, -0.05) is 53.7 Å². The van der Waals surface area contributed by atoms with E-state index in [1.165, 1.54) is 0 Å². The van der Waals surface area contributed by atoms with Gasteiger partial charge in [0.1, 0.15) is 0 Å². The SMILES string of the molecule is C=C/C(C)=C/C=C/[C@](C)(O)CC/C=C(\C)CC(=O)C=C(C)C. The summed E-state index contributed by atoms with van der Waals surface area (Å²) in [4.78, 5) is 11.7. The van der Waals surface area contributed by atoms with Crippen LogP contribution in [-0.4, -0.2) is 16.5 Å². The number of hydrogen-bond donors (Lipinski definition) is 1. The fourth-order valence-electron chi connectivity index (χ4n) is 1.89. The quantitative estimate of drug-likeness (QED) is 0.366. The summed E-state index contributed by atoms with van der Waals surface area (Å²) in [6.07, 6.45) is 12.9. The number of carbonyl (C=O) groups excluding carboxylic acids is 1. The van der Waals surface area contributed by atoms with Crippen molar-refractivity contribution in [1.29, 1.82) is 0 Å². The first-order valence-corrected chi connectivity index (χ1v) is 7.70. The number of ketones is 1. The van der Waals surface area contributed by atoms with Crippen LogP contribution in [0.4, 0.5) is 0 Å². The highest BCUT2D eigenvalue weighted by Crippen LogP contribution is 2.16. The molecule has 0 aliphatic rings. The molecule has 1 N–H and O–H groups in total. The van der Waals surface area contributed by atoms with E-state index in [9.17, 15) is 9.90 Å². The van der Waals surface area contributed by atoms with Crippen LogP contribution in [0.25, 0.3) is 0 Å². The number of allylic oxidation sites excluding steroid dienone is 8. The molecule has 0 saturated heterocycles. The first kappa shape index (κ1) is 20.3. The van der Waals surface area contributed by atoms with Gasteiger partial charge >= 0.3 is 0 Å². The van der Waals surface area contributed by atoms with Crippen LogP contribution < -0.4 is 0 Å². The molecule has 0 amide bonds. The molecule has 0 unspecified atom stereocenters. The van der Waals surface area contributed by atoms with Gasteiger partial charge in [-0.15, -0.1) is 0 Å². The van der Waals surface area contributed by atoms with Crippen molar-refractivity contribution in [3.63, 3.8) is 0 Å². The Labute approximate surface area is 135 Å². The summed E-state index contributed by atoms with van der Waals surface area (Å²) in [5.74, 6) is 0.130. The maximum atomic E-state index is 11.7. The van der Waals surface area contributed by atoms with Crippen molar-refractivity contribution in [2.45, 2.75) is 59.5 Å². The molecule has 2 nitrogen and oxygen atoms in total. The summed E-state index contributed by atoms with van der Waals surface area (Å²) in [7, 11) is 0. The minimum atomic E-state index is -0.849. The van der Waals surface area contributed by atoms with Gasteiger partial charge in [-0.3, -0.25) is 4.79 Å². The van der Waals surface area contributed by atoms with Crippen LogP contribution in [0.1, 0.15) is 53.9 Å². The molecule has 0 aliphatic heterocycles. The summed E-state index contributed by atoms with van der Waals surface area (Å²) in [5, 5.41) is 10.3. The largest absolute Gasteiger partial charge is 0.386 e. The molecule has 0 bridgehead atoms. The second kappa shape index (κ2) is 10.1. The van der Waals surface area contributed by atoms with Crippen LogP contribution in [-0.2, 0) is 4.79 Å². The molecule has 0 heterocycles. The standard InChI is InChI=1S/C20H30O2/c1-7-17(4)10-8-12-20(6,22)13-9-11-18(5)15-19(21)14-16(2)3/h7-8,10-12,14,22H,1,9,13,15H2,2-6H3/b12-8+,17-10+,18-11+/t20-/m0/s1. The second-order valence-corrected chi connectivity index (χ2v) is 6.29. The minimum absolute atomic E-state index is 0.130. The maximum Gasteiger partial charge on any atom is 0.159 e. The first-order valence-electron chi connectivity index (χ1n) is 7.70. The average Bonchev–Trinajstić information content (AvgIpc) is 2.36. The lowest BCUT2D eigenvalue weighted by Gasteiger charge is -2.17. The van der Waals surface area contributed by atoms with Crippen molar-refractivity contribution in [1.82, 2.24) is 0 Å². The van der Waals surface area contributed by atoms with E-state index in [1.54, 1.807) is 25.2 Å². The Morgan fingerprint density at radius 1 is 1.23 bits per heavy atom. The lowest BCUT2D eigenvalue weighted by Crippen LogP contribution is -2.19. The zero-order valence-electron chi connectivity index (χ0n) is 14.6. The van der Waals surface area contributed by atoms with Crippen LogP contribution >= 0.6 is 0 Å². The van der Waals surface area contributed by atoms with E-state index in [0.717, 1.165) is 23.1 Å². The molecule has 22 heavy (non-hydrogen) atoms. The molecule has 0 aromatic rings. The van der Waals surface area contributed by atoms with Gasteiger partial charge in [-0.2, -0.15) is 0 Å². The maximum absolute atomic E-state index is 11.7. The minimum Gasteiger partial charge on any atom is -0.386 e. The Morgan fingerprint density at radius 2 is 1.86 bits per heavy atom. The van der Waals surface area contributed by atoms with Crippen molar-refractivity contribution in [2.75, 3.05) is 0 Å². The van der Waals surface area contributed by atoms with E-state index in [4.69, 9.17) is 0 Å². The molecule has 0 aromatic carbocycles. The van der Waals surface area contributed by atoms with Gasteiger partial charge in [0.2, 0.25) is 0 Å². The van der Waals surface area contributed by atoms with Crippen LogP contribution in [0.5, 0.6) is 0 Å². The summed E-state index contributed by atoms with van der Waals surface area (Å²) < 4.78 is 0. The predicted molar refractivity (Wildman–Crippen MR) is 95.8 cm³/mol. The Morgan fingerprint density at radius 3 is 2.41 bits per heavy atom. The number of hydrogen-bond acceptors (Lipinski definition) is 2. The highest BCUT2D eigenvalue weighted by Gasteiger charge is 2.14. The zero-order valence-corrected chi connectivity index (χ0v) is 14.6. The first-order chi connectivity index (χ1) is 10.2. The Hall–Kier alpha value is -1.67. The Kier molecular flexibility index (Phi) is 9.35. The van der Waals surface area contributed by atoms with Crippen molar-refractivity contribution < 1.29 is 9.90 Å². The second-order valence-electron chi connectivity index (χ2n) is 6.29. The molecule has 1 atom stereocenters. The van der Waals surface area contributed by atoms with Gasteiger partial charge in [-0.25, -0.2) is 0 Å². The van der Waals surface area contributed by atoms with E-state index >= 15 is 0 Å². The average molecular weight is 302 g/mol. The molecular weight excluding hydrogens is 272 g/mol. The van der Waals surface area contributed by atoms with E-state index < -0.39 is 5.60 Å². The molecule has 0 fully saturated rings.